The number of aliphatic hydroxyl groups excluding tert-OH is 1. The van der Waals surface area contributed by atoms with E-state index in [-0.39, 0.29) is 6.42 Å². The number of aliphatic carboxylic acids is 1. The van der Waals surface area contributed by atoms with Crippen LogP contribution in [0.1, 0.15) is 18.9 Å². The summed E-state index contributed by atoms with van der Waals surface area (Å²) in [5.74, 6) is -1.67. The van der Waals surface area contributed by atoms with E-state index in [1.807, 2.05) is 12.1 Å². The van der Waals surface area contributed by atoms with Crippen LogP contribution in [0.4, 0.5) is 5.69 Å². The lowest BCUT2D eigenvalue weighted by molar-refractivity contribution is -0.144. The number of rotatable bonds is 6. The first-order chi connectivity index (χ1) is 8.90. The van der Waals surface area contributed by atoms with E-state index in [0.29, 0.717) is 12.1 Å². The van der Waals surface area contributed by atoms with Gasteiger partial charge in [-0.15, -0.1) is 0 Å². The number of carbonyl (C=O) groups excluding carboxylic acids is 1. The van der Waals surface area contributed by atoms with Crippen molar-refractivity contribution in [3.8, 4) is 0 Å². The second kappa shape index (κ2) is 6.75. The fourth-order valence-electron chi connectivity index (χ4n) is 1.58. The van der Waals surface area contributed by atoms with Crippen molar-refractivity contribution in [2.45, 2.75) is 31.9 Å². The third-order valence-corrected chi connectivity index (χ3v) is 2.69. The number of amides is 1. The summed E-state index contributed by atoms with van der Waals surface area (Å²) in [7, 11) is 0. The number of benzene rings is 1. The lowest BCUT2D eigenvalue weighted by Gasteiger charge is -2.16. The number of nitrogens with two attached hydrogens (primary N) is 1. The van der Waals surface area contributed by atoms with E-state index in [1.54, 1.807) is 12.1 Å². The monoisotopic (exact) mass is 266 g/mol. The maximum atomic E-state index is 11.6. The van der Waals surface area contributed by atoms with Crippen LogP contribution in [0, 0.1) is 0 Å². The maximum Gasteiger partial charge on any atom is 0.328 e. The zero-order valence-electron chi connectivity index (χ0n) is 10.7. The Hall–Kier alpha value is -2.08. The van der Waals surface area contributed by atoms with Crippen LogP contribution in [0.25, 0.3) is 0 Å². The summed E-state index contributed by atoms with van der Waals surface area (Å²) in [6.45, 7) is 1.32. The van der Waals surface area contributed by atoms with Gasteiger partial charge in [0.15, 0.2) is 6.04 Å². The predicted octanol–water partition coefficient (Wildman–Crippen LogP) is 0.152. The first-order valence-corrected chi connectivity index (χ1v) is 5.95. The molecule has 0 aliphatic carbocycles. The SMILES string of the molecule is CC(O)C(NC(=O)CCc1ccc(N)cc1)C(=O)O. The average molecular weight is 266 g/mol. The first-order valence-electron chi connectivity index (χ1n) is 5.95. The molecule has 0 aliphatic heterocycles. The molecule has 2 unspecified atom stereocenters. The summed E-state index contributed by atoms with van der Waals surface area (Å²) < 4.78 is 0. The Labute approximate surface area is 111 Å². The van der Waals surface area contributed by atoms with Crippen molar-refractivity contribution in [3.05, 3.63) is 29.8 Å². The van der Waals surface area contributed by atoms with Crippen LogP contribution in [-0.4, -0.2) is 34.2 Å². The van der Waals surface area contributed by atoms with Crippen molar-refractivity contribution in [2.75, 3.05) is 5.73 Å². The van der Waals surface area contributed by atoms with Gasteiger partial charge in [-0.3, -0.25) is 4.79 Å². The van der Waals surface area contributed by atoms with Gasteiger partial charge in [-0.05, 0) is 31.0 Å². The van der Waals surface area contributed by atoms with Crippen LogP contribution in [-0.2, 0) is 16.0 Å². The molecule has 0 aromatic heterocycles. The Balaban J connectivity index is 2.47. The molecule has 0 fully saturated rings. The van der Waals surface area contributed by atoms with E-state index in [4.69, 9.17) is 10.8 Å². The van der Waals surface area contributed by atoms with Crippen molar-refractivity contribution < 1.29 is 19.8 Å². The molecule has 6 heteroatoms. The van der Waals surface area contributed by atoms with Gasteiger partial charge in [0, 0.05) is 12.1 Å². The van der Waals surface area contributed by atoms with Crippen LogP contribution in [0.15, 0.2) is 24.3 Å². The average Bonchev–Trinajstić information content (AvgIpc) is 2.34. The highest BCUT2D eigenvalue weighted by atomic mass is 16.4. The molecule has 0 heterocycles. The van der Waals surface area contributed by atoms with Gasteiger partial charge in [-0.25, -0.2) is 4.79 Å². The van der Waals surface area contributed by atoms with Gasteiger partial charge in [0.05, 0.1) is 6.10 Å². The second-order valence-electron chi connectivity index (χ2n) is 4.37. The summed E-state index contributed by atoms with van der Waals surface area (Å²) in [5.41, 5.74) is 7.13. The molecule has 2 atom stereocenters. The van der Waals surface area contributed by atoms with Crippen molar-refractivity contribution in [1.29, 1.82) is 0 Å². The van der Waals surface area contributed by atoms with E-state index in [0.717, 1.165) is 5.56 Å². The normalized spacial score (nSPS) is 13.6. The van der Waals surface area contributed by atoms with Gasteiger partial charge in [0.2, 0.25) is 5.91 Å². The Bertz CT molecular complexity index is 442. The highest BCUT2D eigenvalue weighted by Gasteiger charge is 2.24. The highest BCUT2D eigenvalue weighted by Crippen LogP contribution is 2.07. The number of hydrogen-bond acceptors (Lipinski definition) is 4. The molecule has 1 aromatic carbocycles. The molecule has 6 nitrogen and oxygen atoms in total. The van der Waals surface area contributed by atoms with E-state index >= 15 is 0 Å². The molecule has 0 bridgehead atoms. The number of aliphatic hydroxyl groups is 1. The van der Waals surface area contributed by atoms with E-state index in [9.17, 15) is 14.7 Å². The van der Waals surface area contributed by atoms with Gasteiger partial charge in [-0.2, -0.15) is 0 Å². The standard InChI is InChI=1S/C13H18N2O4/c1-8(16)12(13(18)19)15-11(17)7-4-9-2-5-10(14)6-3-9/h2-3,5-6,8,12,16H,4,7,14H2,1H3,(H,15,17)(H,18,19). The van der Waals surface area contributed by atoms with Crippen molar-refractivity contribution in [3.63, 3.8) is 0 Å². The number of hydrogen-bond donors (Lipinski definition) is 4. The van der Waals surface area contributed by atoms with Crippen LogP contribution in [0.3, 0.4) is 0 Å². The van der Waals surface area contributed by atoms with Crippen molar-refractivity contribution >= 4 is 17.6 Å². The molecule has 0 aliphatic rings. The summed E-state index contributed by atoms with van der Waals surface area (Å²) in [5, 5.41) is 20.3. The summed E-state index contributed by atoms with van der Waals surface area (Å²) in [6.07, 6.45) is -0.503. The minimum atomic E-state index is -1.28. The zero-order chi connectivity index (χ0) is 14.4. The van der Waals surface area contributed by atoms with Crippen molar-refractivity contribution in [2.24, 2.45) is 0 Å². The molecule has 0 saturated carbocycles. The Morgan fingerprint density at radius 3 is 2.37 bits per heavy atom. The van der Waals surface area contributed by atoms with Crippen LogP contribution >= 0.6 is 0 Å². The lowest BCUT2D eigenvalue weighted by Crippen LogP contribution is -2.47. The van der Waals surface area contributed by atoms with Crippen molar-refractivity contribution in [1.82, 2.24) is 5.32 Å². The molecule has 0 saturated heterocycles. The predicted molar refractivity (Wildman–Crippen MR) is 70.4 cm³/mol. The number of carboxylic acid groups (broad SMARTS) is 1. The fraction of sp³-hybridized carbons (Fsp3) is 0.385. The number of nitrogens with one attached hydrogen (secondary N) is 1. The molecular formula is C13H18N2O4. The zero-order valence-corrected chi connectivity index (χ0v) is 10.7. The largest absolute Gasteiger partial charge is 0.480 e. The third-order valence-electron chi connectivity index (χ3n) is 2.69. The summed E-state index contributed by atoms with van der Waals surface area (Å²) in [4.78, 5) is 22.4. The quantitative estimate of drug-likeness (QED) is 0.547. The Kier molecular flexibility index (Phi) is 5.32. The Morgan fingerprint density at radius 1 is 1.32 bits per heavy atom. The van der Waals surface area contributed by atoms with Gasteiger partial charge in [-0.1, -0.05) is 12.1 Å². The molecule has 104 valence electrons. The van der Waals surface area contributed by atoms with Gasteiger partial charge >= 0.3 is 5.97 Å². The van der Waals surface area contributed by atoms with E-state index in [2.05, 4.69) is 5.32 Å². The molecule has 0 spiro atoms. The van der Waals surface area contributed by atoms with Gasteiger partial charge < -0.3 is 21.3 Å². The number of carbonyl (C=O) groups is 2. The molecule has 1 aromatic rings. The molecule has 0 radical (unpaired) electrons. The molecular weight excluding hydrogens is 248 g/mol. The van der Waals surface area contributed by atoms with Crippen LogP contribution < -0.4 is 11.1 Å². The minimum absolute atomic E-state index is 0.153. The summed E-state index contributed by atoms with van der Waals surface area (Å²) in [6, 6.07) is 5.82. The third kappa shape index (κ3) is 4.97. The number of nitrogen functional groups attached to an aromatic ring is 1. The second-order valence-corrected chi connectivity index (χ2v) is 4.37. The van der Waals surface area contributed by atoms with Crippen LogP contribution in [0.5, 0.6) is 0 Å². The number of anilines is 1. The fourth-order valence-corrected chi connectivity index (χ4v) is 1.58. The van der Waals surface area contributed by atoms with Crippen LogP contribution in [0.2, 0.25) is 0 Å². The summed E-state index contributed by atoms with van der Waals surface area (Å²) >= 11 is 0. The Morgan fingerprint density at radius 2 is 1.89 bits per heavy atom. The molecule has 1 rings (SSSR count). The highest BCUT2D eigenvalue weighted by molar-refractivity contribution is 5.84. The topological polar surface area (TPSA) is 113 Å². The van der Waals surface area contributed by atoms with E-state index in [1.165, 1.54) is 6.92 Å². The number of aryl methyl sites for hydroxylation is 1. The minimum Gasteiger partial charge on any atom is -0.480 e. The molecule has 19 heavy (non-hydrogen) atoms. The number of carboxylic acids is 1. The van der Waals surface area contributed by atoms with Gasteiger partial charge in [0.25, 0.3) is 0 Å². The molecule has 1 amide bonds. The lowest BCUT2D eigenvalue weighted by atomic mass is 10.1. The smallest absolute Gasteiger partial charge is 0.328 e. The van der Waals surface area contributed by atoms with Gasteiger partial charge in [0.1, 0.15) is 0 Å². The molecule has 5 N–H and O–H groups in total. The maximum absolute atomic E-state index is 11.6. The van der Waals surface area contributed by atoms with E-state index < -0.39 is 24.0 Å². The first kappa shape index (κ1) is 15.0.